The van der Waals surface area contributed by atoms with E-state index in [1.807, 2.05) is 0 Å². The summed E-state index contributed by atoms with van der Waals surface area (Å²) in [5.74, 6) is 2.56. The quantitative estimate of drug-likeness (QED) is 0.862. The molecule has 1 aliphatic carbocycles. The van der Waals surface area contributed by atoms with Crippen LogP contribution in [0.2, 0.25) is 0 Å². The van der Waals surface area contributed by atoms with E-state index in [1.54, 1.807) is 0 Å². The first kappa shape index (κ1) is 15.8. The maximum absolute atomic E-state index is 6.14. The third kappa shape index (κ3) is 3.62. The van der Waals surface area contributed by atoms with Crippen molar-refractivity contribution in [1.29, 1.82) is 0 Å². The molecule has 3 rings (SSSR count). The Balaban J connectivity index is 1.67. The lowest BCUT2D eigenvalue weighted by molar-refractivity contribution is -0.107. The molecule has 2 aliphatic heterocycles. The first-order chi connectivity index (χ1) is 10.2. The van der Waals surface area contributed by atoms with Crippen molar-refractivity contribution < 1.29 is 9.47 Å². The van der Waals surface area contributed by atoms with Gasteiger partial charge in [-0.15, -0.1) is 0 Å². The number of nitrogens with one attached hydrogen (secondary N) is 1. The van der Waals surface area contributed by atoms with Crippen LogP contribution >= 0.6 is 0 Å². The van der Waals surface area contributed by atoms with Gasteiger partial charge in [-0.3, -0.25) is 0 Å². The number of hydrogen-bond acceptors (Lipinski definition) is 3. The molecule has 3 aliphatic rings. The van der Waals surface area contributed by atoms with E-state index in [4.69, 9.17) is 9.47 Å². The van der Waals surface area contributed by atoms with Crippen LogP contribution in [0.4, 0.5) is 0 Å². The molecule has 0 aromatic heterocycles. The van der Waals surface area contributed by atoms with E-state index in [1.165, 1.54) is 38.5 Å². The minimum atomic E-state index is 0.0525. The first-order valence-corrected chi connectivity index (χ1v) is 9.17. The molecule has 0 bridgehead atoms. The van der Waals surface area contributed by atoms with Crippen LogP contribution in [0.3, 0.4) is 0 Å². The Morgan fingerprint density at radius 2 is 2.10 bits per heavy atom. The fraction of sp³-hybridized carbons (Fsp3) is 1.00. The molecule has 2 saturated heterocycles. The Kier molecular flexibility index (Phi) is 5.23. The number of rotatable bonds is 4. The summed E-state index contributed by atoms with van der Waals surface area (Å²) >= 11 is 0. The third-order valence-electron chi connectivity index (χ3n) is 6.03. The standard InChI is InChI=1S/C18H33NO2/c1-3-19-17(15-6-4-5-14(2)11-15)16-7-9-21-18(12-16)8-10-20-13-18/h14-17,19H,3-13H2,1-2H3. The normalized spacial score (nSPS) is 42.3. The van der Waals surface area contributed by atoms with E-state index >= 15 is 0 Å². The highest BCUT2D eigenvalue weighted by molar-refractivity contribution is 4.96. The van der Waals surface area contributed by atoms with Crippen molar-refractivity contribution in [3.63, 3.8) is 0 Å². The molecule has 5 atom stereocenters. The largest absolute Gasteiger partial charge is 0.378 e. The maximum atomic E-state index is 6.14. The van der Waals surface area contributed by atoms with E-state index in [0.29, 0.717) is 6.04 Å². The van der Waals surface area contributed by atoms with Gasteiger partial charge in [0.2, 0.25) is 0 Å². The first-order valence-electron chi connectivity index (χ1n) is 9.17. The van der Waals surface area contributed by atoms with Gasteiger partial charge in [-0.2, -0.15) is 0 Å². The molecule has 5 unspecified atom stereocenters. The number of ether oxygens (including phenoxy) is 2. The monoisotopic (exact) mass is 295 g/mol. The van der Waals surface area contributed by atoms with Crippen LogP contribution in [0.25, 0.3) is 0 Å². The summed E-state index contributed by atoms with van der Waals surface area (Å²) in [4.78, 5) is 0. The van der Waals surface area contributed by atoms with Crippen molar-refractivity contribution >= 4 is 0 Å². The molecule has 122 valence electrons. The van der Waals surface area contributed by atoms with Crippen LogP contribution in [0.1, 0.15) is 58.8 Å². The smallest absolute Gasteiger partial charge is 0.0939 e. The lowest BCUT2D eigenvalue weighted by Gasteiger charge is -2.44. The maximum Gasteiger partial charge on any atom is 0.0939 e. The van der Waals surface area contributed by atoms with Gasteiger partial charge >= 0.3 is 0 Å². The van der Waals surface area contributed by atoms with Crippen LogP contribution < -0.4 is 5.32 Å². The van der Waals surface area contributed by atoms with Crippen LogP contribution in [-0.4, -0.2) is 38.0 Å². The van der Waals surface area contributed by atoms with Gasteiger partial charge < -0.3 is 14.8 Å². The predicted octanol–water partition coefficient (Wildman–Crippen LogP) is 3.38. The summed E-state index contributed by atoms with van der Waals surface area (Å²) in [5, 5.41) is 3.85. The summed E-state index contributed by atoms with van der Waals surface area (Å²) < 4.78 is 11.8. The van der Waals surface area contributed by atoms with Gasteiger partial charge in [0.05, 0.1) is 12.2 Å². The summed E-state index contributed by atoms with van der Waals surface area (Å²) in [6, 6.07) is 0.694. The Morgan fingerprint density at radius 3 is 2.81 bits per heavy atom. The average Bonchev–Trinajstić information content (AvgIpc) is 2.92. The van der Waals surface area contributed by atoms with Gasteiger partial charge in [0, 0.05) is 25.7 Å². The minimum Gasteiger partial charge on any atom is -0.378 e. The van der Waals surface area contributed by atoms with E-state index in [9.17, 15) is 0 Å². The van der Waals surface area contributed by atoms with E-state index in [0.717, 1.165) is 50.5 Å². The van der Waals surface area contributed by atoms with Gasteiger partial charge in [0.1, 0.15) is 0 Å². The van der Waals surface area contributed by atoms with E-state index in [2.05, 4.69) is 19.2 Å². The highest BCUT2D eigenvalue weighted by atomic mass is 16.6. The molecular formula is C18H33NO2. The molecule has 3 nitrogen and oxygen atoms in total. The average molecular weight is 295 g/mol. The molecule has 21 heavy (non-hydrogen) atoms. The van der Waals surface area contributed by atoms with Crippen LogP contribution in [0, 0.1) is 17.8 Å². The molecule has 3 fully saturated rings. The van der Waals surface area contributed by atoms with Crippen LogP contribution in [0.5, 0.6) is 0 Å². The predicted molar refractivity (Wildman–Crippen MR) is 85.4 cm³/mol. The molecule has 1 N–H and O–H groups in total. The zero-order chi connectivity index (χ0) is 14.7. The van der Waals surface area contributed by atoms with Crippen molar-refractivity contribution in [1.82, 2.24) is 5.32 Å². The molecule has 0 radical (unpaired) electrons. The second-order valence-corrected chi connectivity index (χ2v) is 7.70. The zero-order valence-corrected chi connectivity index (χ0v) is 13.9. The summed E-state index contributed by atoms with van der Waals surface area (Å²) in [6.45, 7) is 8.43. The van der Waals surface area contributed by atoms with Crippen molar-refractivity contribution in [3.8, 4) is 0 Å². The summed E-state index contributed by atoms with van der Waals surface area (Å²) in [5.41, 5.74) is 0.0525. The number of hydrogen-bond donors (Lipinski definition) is 1. The molecule has 3 heteroatoms. The zero-order valence-electron chi connectivity index (χ0n) is 13.9. The molecule has 2 heterocycles. The summed E-state index contributed by atoms with van der Waals surface area (Å²) in [6.07, 6.45) is 9.22. The molecule has 0 amide bonds. The topological polar surface area (TPSA) is 30.5 Å². The molecule has 1 saturated carbocycles. The Bertz CT molecular complexity index is 327. The van der Waals surface area contributed by atoms with Gasteiger partial charge in [0.15, 0.2) is 0 Å². The van der Waals surface area contributed by atoms with Crippen molar-refractivity contribution in [2.75, 3.05) is 26.4 Å². The third-order valence-corrected chi connectivity index (χ3v) is 6.03. The van der Waals surface area contributed by atoms with Gasteiger partial charge in [0.25, 0.3) is 0 Å². The van der Waals surface area contributed by atoms with Crippen molar-refractivity contribution in [2.24, 2.45) is 17.8 Å². The Labute approximate surface area is 130 Å². The second-order valence-electron chi connectivity index (χ2n) is 7.70. The van der Waals surface area contributed by atoms with Crippen LogP contribution in [-0.2, 0) is 9.47 Å². The molecule has 0 aromatic carbocycles. The lowest BCUT2D eigenvalue weighted by atomic mass is 9.71. The minimum absolute atomic E-state index is 0.0525. The summed E-state index contributed by atoms with van der Waals surface area (Å²) in [7, 11) is 0. The molecule has 1 spiro atoms. The Hall–Kier alpha value is -0.120. The van der Waals surface area contributed by atoms with Crippen molar-refractivity contribution in [2.45, 2.75) is 70.4 Å². The second kappa shape index (κ2) is 6.97. The van der Waals surface area contributed by atoms with E-state index in [-0.39, 0.29) is 5.60 Å². The molecular weight excluding hydrogens is 262 g/mol. The van der Waals surface area contributed by atoms with Gasteiger partial charge in [-0.1, -0.05) is 26.7 Å². The fourth-order valence-electron chi connectivity index (χ4n) is 5.00. The highest BCUT2D eigenvalue weighted by Gasteiger charge is 2.44. The highest BCUT2D eigenvalue weighted by Crippen LogP contribution is 2.41. The van der Waals surface area contributed by atoms with Gasteiger partial charge in [-0.25, -0.2) is 0 Å². The SMILES string of the molecule is CCNC(C1CCCC(C)C1)C1CCOC2(CCOC2)C1. The van der Waals surface area contributed by atoms with Crippen LogP contribution in [0.15, 0.2) is 0 Å². The Morgan fingerprint density at radius 1 is 1.19 bits per heavy atom. The van der Waals surface area contributed by atoms with Gasteiger partial charge in [-0.05, 0) is 50.0 Å². The molecule has 0 aromatic rings. The van der Waals surface area contributed by atoms with E-state index < -0.39 is 0 Å². The fourth-order valence-corrected chi connectivity index (χ4v) is 5.00. The lowest BCUT2D eigenvalue weighted by Crippen LogP contribution is -2.50. The van der Waals surface area contributed by atoms with Crippen molar-refractivity contribution in [3.05, 3.63) is 0 Å².